The molecule has 2 rings (SSSR count). The third-order valence-electron chi connectivity index (χ3n) is 2.56. The van der Waals surface area contributed by atoms with E-state index in [1.807, 2.05) is 23.9 Å². The fraction of sp³-hybridized carbons (Fsp3) is 0.462. The minimum Gasteiger partial charge on any atom is -0.338 e. The molecule has 1 atom stereocenters. The zero-order chi connectivity index (χ0) is 13.5. The molecule has 6 heteroatoms. The molecule has 0 unspecified atom stereocenters. The van der Waals surface area contributed by atoms with Gasteiger partial charge in [0.1, 0.15) is 0 Å². The SMILES string of the molecule is CCSC[C@H](C)NCc1nc(-c2cccnc2)no1. The second-order valence-electron chi connectivity index (χ2n) is 4.19. The van der Waals surface area contributed by atoms with Crippen LogP contribution < -0.4 is 5.32 Å². The Labute approximate surface area is 117 Å². The van der Waals surface area contributed by atoms with E-state index in [9.17, 15) is 0 Å². The van der Waals surface area contributed by atoms with Gasteiger partial charge in [-0.25, -0.2) is 0 Å². The lowest BCUT2D eigenvalue weighted by atomic mass is 10.3. The Morgan fingerprint density at radius 3 is 3.11 bits per heavy atom. The van der Waals surface area contributed by atoms with Crippen molar-refractivity contribution in [3.8, 4) is 11.4 Å². The summed E-state index contributed by atoms with van der Waals surface area (Å²) in [5.74, 6) is 3.41. The average molecular weight is 278 g/mol. The van der Waals surface area contributed by atoms with E-state index in [1.54, 1.807) is 12.4 Å². The number of thioether (sulfide) groups is 1. The van der Waals surface area contributed by atoms with Crippen LogP contribution >= 0.6 is 11.8 Å². The van der Waals surface area contributed by atoms with E-state index in [1.165, 1.54) is 0 Å². The highest BCUT2D eigenvalue weighted by Gasteiger charge is 2.09. The average Bonchev–Trinajstić information content (AvgIpc) is 2.93. The lowest BCUT2D eigenvalue weighted by Gasteiger charge is -2.10. The van der Waals surface area contributed by atoms with Crippen molar-refractivity contribution < 1.29 is 4.52 Å². The summed E-state index contributed by atoms with van der Waals surface area (Å²) in [5, 5.41) is 7.32. The van der Waals surface area contributed by atoms with Crippen molar-refractivity contribution in [2.45, 2.75) is 26.4 Å². The van der Waals surface area contributed by atoms with Crippen LogP contribution in [0.1, 0.15) is 19.7 Å². The maximum Gasteiger partial charge on any atom is 0.240 e. The molecule has 0 aromatic carbocycles. The maximum atomic E-state index is 5.22. The molecule has 0 fully saturated rings. The van der Waals surface area contributed by atoms with Crippen molar-refractivity contribution >= 4 is 11.8 Å². The molecule has 2 aromatic heterocycles. The molecule has 0 spiro atoms. The van der Waals surface area contributed by atoms with Crippen LogP contribution in [0, 0.1) is 0 Å². The lowest BCUT2D eigenvalue weighted by Crippen LogP contribution is -2.27. The van der Waals surface area contributed by atoms with Crippen LogP contribution in [0.2, 0.25) is 0 Å². The van der Waals surface area contributed by atoms with Crippen molar-refractivity contribution in [2.75, 3.05) is 11.5 Å². The second kappa shape index (κ2) is 7.25. The molecule has 0 bridgehead atoms. The van der Waals surface area contributed by atoms with Gasteiger partial charge in [0.2, 0.25) is 11.7 Å². The van der Waals surface area contributed by atoms with Gasteiger partial charge >= 0.3 is 0 Å². The molecule has 5 nitrogen and oxygen atoms in total. The Balaban J connectivity index is 1.88. The first-order valence-electron chi connectivity index (χ1n) is 6.33. The minimum atomic E-state index is 0.429. The van der Waals surface area contributed by atoms with Crippen molar-refractivity contribution in [3.05, 3.63) is 30.4 Å². The van der Waals surface area contributed by atoms with Gasteiger partial charge in [-0.1, -0.05) is 12.1 Å². The van der Waals surface area contributed by atoms with Crippen LogP contribution in [0.5, 0.6) is 0 Å². The number of pyridine rings is 1. The summed E-state index contributed by atoms with van der Waals surface area (Å²) in [4.78, 5) is 8.38. The van der Waals surface area contributed by atoms with Crippen molar-refractivity contribution in [3.63, 3.8) is 0 Å². The number of hydrogen-bond acceptors (Lipinski definition) is 6. The first-order chi connectivity index (χ1) is 9.29. The Morgan fingerprint density at radius 2 is 2.37 bits per heavy atom. The third-order valence-corrected chi connectivity index (χ3v) is 3.71. The molecule has 0 saturated carbocycles. The summed E-state index contributed by atoms with van der Waals surface area (Å²) < 4.78 is 5.22. The standard InChI is InChI=1S/C13H18N4OS/c1-3-19-9-10(2)15-8-12-16-13(17-18-12)11-5-4-6-14-7-11/h4-7,10,15H,3,8-9H2,1-2H3/t10-/m0/s1. The monoisotopic (exact) mass is 278 g/mol. The zero-order valence-electron chi connectivity index (χ0n) is 11.2. The van der Waals surface area contributed by atoms with Crippen LogP contribution in [-0.2, 0) is 6.54 Å². The predicted octanol–water partition coefficient (Wildman–Crippen LogP) is 2.36. The molecule has 0 radical (unpaired) electrons. The van der Waals surface area contributed by atoms with Crippen molar-refractivity contribution in [1.82, 2.24) is 20.4 Å². The molecule has 0 amide bonds. The summed E-state index contributed by atoms with van der Waals surface area (Å²) >= 11 is 1.92. The Hall–Kier alpha value is -1.40. The van der Waals surface area contributed by atoms with E-state index in [0.717, 1.165) is 17.1 Å². The third kappa shape index (κ3) is 4.33. The molecule has 0 aliphatic rings. The van der Waals surface area contributed by atoms with Gasteiger partial charge in [0.15, 0.2) is 0 Å². The Kier molecular flexibility index (Phi) is 5.35. The normalized spacial score (nSPS) is 12.5. The number of hydrogen-bond donors (Lipinski definition) is 1. The Morgan fingerprint density at radius 1 is 1.47 bits per heavy atom. The van der Waals surface area contributed by atoms with Crippen LogP contribution in [0.25, 0.3) is 11.4 Å². The molecule has 0 aliphatic heterocycles. The van der Waals surface area contributed by atoms with Crippen LogP contribution in [0.4, 0.5) is 0 Å². The molecule has 19 heavy (non-hydrogen) atoms. The van der Waals surface area contributed by atoms with E-state index < -0.39 is 0 Å². The fourth-order valence-electron chi connectivity index (χ4n) is 1.55. The largest absolute Gasteiger partial charge is 0.338 e. The van der Waals surface area contributed by atoms with Gasteiger partial charge in [0.25, 0.3) is 0 Å². The summed E-state index contributed by atoms with van der Waals surface area (Å²) in [5.41, 5.74) is 0.868. The molecule has 0 aliphatic carbocycles. The van der Waals surface area contributed by atoms with E-state index in [4.69, 9.17) is 4.52 Å². The molecule has 2 heterocycles. The van der Waals surface area contributed by atoms with Crippen LogP contribution in [0.15, 0.2) is 29.0 Å². The molecular weight excluding hydrogens is 260 g/mol. The van der Waals surface area contributed by atoms with Crippen molar-refractivity contribution in [2.24, 2.45) is 0 Å². The highest BCUT2D eigenvalue weighted by atomic mass is 32.2. The summed E-state index contributed by atoms with van der Waals surface area (Å²) in [7, 11) is 0. The topological polar surface area (TPSA) is 63.8 Å². The molecule has 2 aromatic rings. The first-order valence-corrected chi connectivity index (χ1v) is 7.49. The van der Waals surface area contributed by atoms with E-state index >= 15 is 0 Å². The van der Waals surface area contributed by atoms with Gasteiger partial charge in [-0.15, -0.1) is 0 Å². The zero-order valence-corrected chi connectivity index (χ0v) is 12.0. The van der Waals surface area contributed by atoms with E-state index in [0.29, 0.717) is 24.3 Å². The Bertz CT molecular complexity index is 488. The minimum absolute atomic E-state index is 0.429. The second-order valence-corrected chi connectivity index (χ2v) is 5.51. The van der Waals surface area contributed by atoms with E-state index in [-0.39, 0.29) is 0 Å². The molecular formula is C13H18N4OS. The highest BCUT2D eigenvalue weighted by Crippen LogP contribution is 2.13. The molecule has 0 saturated heterocycles. The summed E-state index contributed by atoms with van der Waals surface area (Å²) in [6, 6.07) is 4.20. The maximum absolute atomic E-state index is 5.22. The van der Waals surface area contributed by atoms with Gasteiger partial charge in [0, 0.05) is 29.8 Å². The van der Waals surface area contributed by atoms with Crippen LogP contribution in [0.3, 0.4) is 0 Å². The van der Waals surface area contributed by atoms with E-state index in [2.05, 4.69) is 34.3 Å². The van der Waals surface area contributed by atoms with Gasteiger partial charge in [-0.3, -0.25) is 4.98 Å². The number of rotatable bonds is 7. The van der Waals surface area contributed by atoms with Gasteiger partial charge in [-0.2, -0.15) is 16.7 Å². The molecule has 102 valence electrons. The van der Waals surface area contributed by atoms with Crippen LogP contribution in [-0.4, -0.2) is 32.7 Å². The smallest absolute Gasteiger partial charge is 0.240 e. The summed E-state index contributed by atoms with van der Waals surface area (Å²) in [6.07, 6.45) is 3.45. The first kappa shape index (κ1) is 14.0. The fourth-order valence-corrected chi connectivity index (χ4v) is 2.26. The number of nitrogens with one attached hydrogen (secondary N) is 1. The molecule has 1 N–H and O–H groups in total. The lowest BCUT2D eigenvalue weighted by molar-refractivity contribution is 0.362. The van der Waals surface area contributed by atoms with Crippen molar-refractivity contribution in [1.29, 1.82) is 0 Å². The predicted molar refractivity (Wildman–Crippen MR) is 76.8 cm³/mol. The van der Waals surface area contributed by atoms with Gasteiger partial charge in [-0.05, 0) is 24.8 Å². The highest BCUT2D eigenvalue weighted by molar-refractivity contribution is 7.99. The summed E-state index contributed by atoms with van der Waals surface area (Å²) in [6.45, 7) is 4.91. The quantitative estimate of drug-likeness (QED) is 0.839. The number of nitrogens with zero attached hydrogens (tertiary/aromatic N) is 3. The van der Waals surface area contributed by atoms with Gasteiger partial charge in [0.05, 0.1) is 6.54 Å². The number of aromatic nitrogens is 3. The van der Waals surface area contributed by atoms with Gasteiger partial charge < -0.3 is 9.84 Å².